The standard InChI is InChI=1S/C30H24N4O2/c1-21-10-12-22(13-11-21)28-18-19-29(34-33-28)31-25-7-5-6-23(20-25)30(35)32-24-14-16-27(17-15-24)36-26-8-3-2-4-9-26/h2-20H,1H3,(H,31,34)(H,32,35). The van der Waals surface area contributed by atoms with E-state index in [0.29, 0.717) is 22.8 Å². The van der Waals surface area contributed by atoms with E-state index in [0.717, 1.165) is 22.7 Å². The third-order valence-corrected chi connectivity index (χ3v) is 5.50. The van der Waals surface area contributed by atoms with Gasteiger partial charge in [0.15, 0.2) is 5.82 Å². The predicted octanol–water partition coefficient (Wildman–Crippen LogP) is 7.24. The lowest BCUT2D eigenvalue weighted by Crippen LogP contribution is -2.12. The van der Waals surface area contributed by atoms with E-state index in [1.165, 1.54) is 5.56 Å². The Labute approximate surface area is 209 Å². The van der Waals surface area contributed by atoms with E-state index in [-0.39, 0.29) is 5.91 Å². The van der Waals surface area contributed by atoms with Crippen molar-refractivity contribution in [2.75, 3.05) is 10.6 Å². The Hall–Kier alpha value is -4.97. The first-order chi connectivity index (χ1) is 17.6. The number of benzene rings is 4. The number of carbonyl (C=O) groups excluding carboxylic acids is 1. The second-order valence-corrected chi connectivity index (χ2v) is 8.27. The maximum Gasteiger partial charge on any atom is 0.255 e. The minimum absolute atomic E-state index is 0.212. The Morgan fingerprint density at radius 1 is 0.694 bits per heavy atom. The number of anilines is 3. The molecule has 176 valence electrons. The number of para-hydroxylation sites is 1. The smallest absolute Gasteiger partial charge is 0.255 e. The first kappa shape index (κ1) is 22.8. The van der Waals surface area contributed by atoms with Crippen LogP contribution in [-0.4, -0.2) is 16.1 Å². The van der Waals surface area contributed by atoms with Crippen molar-refractivity contribution in [3.05, 3.63) is 126 Å². The molecule has 0 atom stereocenters. The van der Waals surface area contributed by atoms with Crippen LogP contribution >= 0.6 is 0 Å². The van der Waals surface area contributed by atoms with Gasteiger partial charge in [-0.15, -0.1) is 10.2 Å². The molecule has 5 aromatic rings. The van der Waals surface area contributed by atoms with Crippen LogP contribution in [0, 0.1) is 6.92 Å². The van der Waals surface area contributed by atoms with Gasteiger partial charge in [-0.3, -0.25) is 4.79 Å². The van der Waals surface area contributed by atoms with E-state index in [1.54, 1.807) is 12.1 Å². The van der Waals surface area contributed by atoms with Crippen LogP contribution in [0.1, 0.15) is 15.9 Å². The van der Waals surface area contributed by atoms with Crippen LogP contribution in [0.4, 0.5) is 17.2 Å². The summed E-state index contributed by atoms with van der Waals surface area (Å²) in [6.45, 7) is 2.05. The summed E-state index contributed by atoms with van der Waals surface area (Å²) in [6.07, 6.45) is 0. The summed E-state index contributed by atoms with van der Waals surface area (Å²) < 4.78 is 5.80. The number of hydrogen-bond acceptors (Lipinski definition) is 5. The summed E-state index contributed by atoms with van der Waals surface area (Å²) >= 11 is 0. The van der Waals surface area contributed by atoms with E-state index in [1.807, 2.05) is 103 Å². The summed E-state index contributed by atoms with van der Waals surface area (Å²) in [7, 11) is 0. The molecule has 36 heavy (non-hydrogen) atoms. The minimum Gasteiger partial charge on any atom is -0.457 e. The van der Waals surface area contributed by atoms with Crippen molar-refractivity contribution in [2.24, 2.45) is 0 Å². The molecule has 1 amide bonds. The molecule has 0 fully saturated rings. The molecule has 0 radical (unpaired) electrons. The highest BCUT2D eigenvalue weighted by Gasteiger charge is 2.08. The first-order valence-corrected chi connectivity index (χ1v) is 11.5. The minimum atomic E-state index is -0.212. The van der Waals surface area contributed by atoms with Crippen LogP contribution in [-0.2, 0) is 0 Å². The number of aromatic nitrogens is 2. The maximum atomic E-state index is 12.8. The Balaban J connectivity index is 1.21. The van der Waals surface area contributed by atoms with Crippen molar-refractivity contribution in [1.29, 1.82) is 0 Å². The molecule has 0 spiro atoms. The van der Waals surface area contributed by atoms with Crippen molar-refractivity contribution < 1.29 is 9.53 Å². The van der Waals surface area contributed by atoms with Gasteiger partial charge in [0.1, 0.15) is 11.5 Å². The highest BCUT2D eigenvalue weighted by molar-refractivity contribution is 6.04. The zero-order valence-corrected chi connectivity index (χ0v) is 19.7. The number of ether oxygens (including phenoxy) is 1. The van der Waals surface area contributed by atoms with Gasteiger partial charge < -0.3 is 15.4 Å². The average Bonchev–Trinajstić information content (AvgIpc) is 2.91. The third-order valence-electron chi connectivity index (χ3n) is 5.50. The van der Waals surface area contributed by atoms with Gasteiger partial charge in [0.25, 0.3) is 5.91 Å². The molecule has 0 aliphatic carbocycles. The number of amides is 1. The molecule has 0 saturated heterocycles. The topological polar surface area (TPSA) is 76.1 Å². The van der Waals surface area contributed by atoms with Gasteiger partial charge in [-0.1, -0.05) is 54.1 Å². The average molecular weight is 473 g/mol. The zero-order chi connectivity index (χ0) is 24.7. The summed E-state index contributed by atoms with van der Waals surface area (Å²) in [5, 5.41) is 14.7. The van der Waals surface area contributed by atoms with Crippen LogP contribution in [0.15, 0.2) is 115 Å². The highest BCUT2D eigenvalue weighted by atomic mass is 16.5. The van der Waals surface area contributed by atoms with Gasteiger partial charge in [-0.2, -0.15) is 0 Å². The normalized spacial score (nSPS) is 10.5. The van der Waals surface area contributed by atoms with Crippen molar-refractivity contribution in [3.63, 3.8) is 0 Å². The van der Waals surface area contributed by atoms with Crippen molar-refractivity contribution >= 4 is 23.1 Å². The van der Waals surface area contributed by atoms with Gasteiger partial charge in [-0.05, 0) is 73.7 Å². The number of rotatable bonds is 7. The van der Waals surface area contributed by atoms with Crippen LogP contribution in [0.25, 0.3) is 11.3 Å². The molecular formula is C30H24N4O2. The number of hydrogen-bond donors (Lipinski definition) is 2. The first-order valence-electron chi connectivity index (χ1n) is 11.5. The number of nitrogens with one attached hydrogen (secondary N) is 2. The molecule has 1 heterocycles. The highest BCUT2D eigenvalue weighted by Crippen LogP contribution is 2.24. The predicted molar refractivity (Wildman–Crippen MR) is 143 cm³/mol. The van der Waals surface area contributed by atoms with Crippen molar-refractivity contribution in [1.82, 2.24) is 10.2 Å². The van der Waals surface area contributed by atoms with Crippen LogP contribution < -0.4 is 15.4 Å². The largest absolute Gasteiger partial charge is 0.457 e. The lowest BCUT2D eigenvalue weighted by atomic mass is 10.1. The zero-order valence-electron chi connectivity index (χ0n) is 19.7. The number of nitrogens with zero attached hydrogens (tertiary/aromatic N) is 2. The summed E-state index contributed by atoms with van der Waals surface area (Å²) in [5.41, 5.74) is 4.95. The second-order valence-electron chi connectivity index (χ2n) is 8.27. The van der Waals surface area contributed by atoms with E-state index >= 15 is 0 Å². The van der Waals surface area contributed by atoms with Crippen molar-refractivity contribution in [3.8, 4) is 22.8 Å². The molecule has 0 aliphatic rings. The molecule has 2 N–H and O–H groups in total. The molecule has 0 bridgehead atoms. The summed E-state index contributed by atoms with van der Waals surface area (Å²) in [6, 6.07) is 36.0. The Bertz CT molecular complexity index is 1450. The Morgan fingerprint density at radius 2 is 1.44 bits per heavy atom. The summed E-state index contributed by atoms with van der Waals surface area (Å²) in [5.74, 6) is 1.83. The van der Waals surface area contributed by atoms with Crippen LogP contribution in [0.5, 0.6) is 11.5 Å². The Kier molecular flexibility index (Phi) is 6.67. The molecule has 0 unspecified atom stereocenters. The van der Waals surface area contributed by atoms with E-state index in [4.69, 9.17) is 4.74 Å². The van der Waals surface area contributed by atoms with E-state index in [2.05, 4.69) is 27.8 Å². The van der Waals surface area contributed by atoms with Crippen LogP contribution in [0.2, 0.25) is 0 Å². The van der Waals surface area contributed by atoms with Gasteiger partial charge in [0.2, 0.25) is 0 Å². The molecule has 6 heteroatoms. The summed E-state index contributed by atoms with van der Waals surface area (Å²) in [4.78, 5) is 12.8. The van der Waals surface area contributed by atoms with Gasteiger partial charge in [0.05, 0.1) is 5.69 Å². The van der Waals surface area contributed by atoms with Gasteiger partial charge in [0, 0.05) is 22.5 Å². The fraction of sp³-hybridized carbons (Fsp3) is 0.0333. The van der Waals surface area contributed by atoms with Gasteiger partial charge in [-0.25, -0.2) is 0 Å². The SMILES string of the molecule is Cc1ccc(-c2ccc(Nc3cccc(C(=O)Nc4ccc(Oc5ccccc5)cc4)c3)nn2)cc1. The lowest BCUT2D eigenvalue weighted by Gasteiger charge is -2.10. The molecule has 1 aromatic heterocycles. The fourth-order valence-electron chi connectivity index (χ4n) is 3.60. The fourth-order valence-corrected chi connectivity index (χ4v) is 3.60. The second kappa shape index (κ2) is 10.5. The molecule has 4 aromatic carbocycles. The molecule has 0 aliphatic heterocycles. The monoisotopic (exact) mass is 472 g/mol. The van der Waals surface area contributed by atoms with Gasteiger partial charge >= 0.3 is 0 Å². The molecule has 5 rings (SSSR count). The van der Waals surface area contributed by atoms with Crippen LogP contribution in [0.3, 0.4) is 0 Å². The van der Waals surface area contributed by atoms with E-state index < -0.39 is 0 Å². The molecule has 0 saturated carbocycles. The molecule has 6 nitrogen and oxygen atoms in total. The third kappa shape index (κ3) is 5.74. The maximum absolute atomic E-state index is 12.8. The quantitative estimate of drug-likeness (QED) is 0.261. The number of carbonyl (C=O) groups is 1. The lowest BCUT2D eigenvalue weighted by molar-refractivity contribution is 0.102. The molecular weight excluding hydrogens is 448 g/mol. The van der Waals surface area contributed by atoms with E-state index in [9.17, 15) is 4.79 Å². The Morgan fingerprint density at radius 3 is 2.17 bits per heavy atom. The number of aryl methyl sites for hydroxylation is 1. The van der Waals surface area contributed by atoms with Crippen molar-refractivity contribution in [2.45, 2.75) is 6.92 Å².